The highest BCUT2D eigenvalue weighted by molar-refractivity contribution is 6.01. The average molecular weight is 492 g/mol. The molecule has 5 aromatic rings. The van der Waals surface area contributed by atoms with Gasteiger partial charge in [0.15, 0.2) is 17.4 Å². The molecule has 1 N–H and O–H groups in total. The Labute approximate surface area is 213 Å². The quantitative estimate of drug-likeness (QED) is 0.378. The second-order valence-electron chi connectivity index (χ2n) is 9.01. The van der Waals surface area contributed by atoms with Crippen molar-refractivity contribution in [3.05, 3.63) is 90.1 Å². The largest absolute Gasteiger partial charge is 0.355 e. The fourth-order valence-electron chi connectivity index (χ4n) is 4.49. The Morgan fingerprint density at radius 3 is 2.49 bits per heavy atom. The van der Waals surface area contributed by atoms with Crippen molar-refractivity contribution in [3.63, 3.8) is 0 Å². The first-order valence-corrected chi connectivity index (χ1v) is 12.2. The van der Waals surface area contributed by atoms with Crippen LogP contribution in [0, 0.1) is 6.92 Å². The van der Waals surface area contributed by atoms with Crippen LogP contribution < -0.4 is 10.2 Å². The first-order valence-electron chi connectivity index (χ1n) is 12.2. The maximum Gasteiger partial charge on any atom is 0.254 e. The van der Waals surface area contributed by atoms with Gasteiger partial charge in [-0.25, -0.2) is 4.98 Å². The van der Waals surface area contributed by atoms with Crippen molar-refractivity contribution in [1.82, 2.24) is 25.2 Å². The molecule has 1 aliphatic rings. The Morgan fingerprint density at radius 2 is 1.73 bits per heavy atom. The van der Waals surface area contributed by atoms with E-state index in [-0.39, 0.29) is 5.91 Å². The molecule has 2 aromatic carbocycles. The van der Waals surface area contributed by atoms with Gasteiger partial charge in [0.25, 0.3) is 5.91 Å². The molecule has 0 unspecified atom stereocenters. The van der Waals surface area contributed by atoms with Crippen molar-refractivity contribution in [2.45, 2.75) is 6.92 Å². The van der Waals surface area contributed by atoms with Crippen molar-refractivity contribution < 1.29 is 9.32 Å². The minimum atomic E-state index is -0.00181. The normalized spacial score (nSPS) is 13.6. The van der Waals surface area contributed by atoms with Crippen LogP contribution in [0.25, 0.3) is 22.2 Å². The van der Waals surface area contributed by atoms with Crippen LogP contribution in [0.4, 0.5) is 17.5 Å². The summed E-state index contributed by atoms with van der Waals surface area (Å²) in [6, 6.07) is 23.1. The van der Waals surface area contributed by atoms with Gasteiger partial charge in [0.05, 0.1) is 5.39 Å². The zero-order chi connectivity index (χ0) is 25.2. The number of pyridine rings is 1. The van der Waals surface area contributed by atoms with Gasteiger partial charge in [-0.3, -0.25) is 4.79 Å². The molecule has 1 aliphatic heterocycles. The molecule has 37 heavy (non-hydrogen) atoms. The minimum Gasteiger partial charge on any atom is -0.355 e. The Bertz CT molecular complexity index is 1540. The molecule has 0 atom stereocenters. The number of nitrogens with one attached hydrogen (secondary N) is 1. The zero-order valence-electron chi connectivity index (χ0n) is 20.3. The van der Waals surface area contributed by atoms with Gasteiger partial charge in [-0.05, 0) is 55.0 Å². The van der Waals surface area contributed by atoms with Crippen molar-refractivity contribution in [1.29, 1.82) is 0 Å². The highest BCUT2D eigenvalue weighted by Crippen LogP contribution is 2.29. The smallest absolute Gasteiger partial charge is 0.254 e. The van der Waals surface area contributed by atoms with Crippen LogP contribution in [0.2, 0.25) is 0 Å². The second kappa shape index (κ2) is 9.69. The van der Waals surface area contributed by atoms with Gasteiger partial charge >= 0.3 is 0 Å². The van der Waals surface area contributed by atoms with Crippen LogP contribution >= 0.6 is 0 Å². The molecule has 1 amide bonds. The lowest BCUT2D eigenvalue weighted by Gasteiger charge is -2.35. The highest BCUT2D eigenvalue weighted by atomic mass is 16.5. The van der Waals surface area contributed by atoms with Gasteiger partial charge in [0, 0.05) is 43.5 Å². The fourth-order valence-corrected chi connectivity index (χ4v) is 4.49. The van der Waals surface area contributed by atoms with E-state index in [1.807, 2.05) is 84.6 Å². The number of piperazine rings is 1. The Morgan fingerprint density at radius 1 is 0.892 bits per heavy atom. The molecular weight excluding hydrogens is 466 g/mol. The van der Waals surface area contributed by atoms with E-state index in [1.165, 1.54) is 0 Å². The number of fused-ring (bicyclic) bond motifs is 1. The van der Waals surface area contributed by atoms with Crippen LogP contribution in [0.3, 0.4) is 0 Å². The molecule has 184 valence electrons. The molecule has 3 aromatic heterocycles. The molecule has 4 heterocycles. The molecule has 6 rings (SSSR count). The summed E-state index contributed by atoms with van der Waals surface area (Å²) in [5, 5.41) is 16.8. The third kappa shape index (κ3) is 4.71. The number of carbonyl (C=O) groups is 1. The molecule has 0 bridgehead atoms. The average Bonchev–Trinajstić information content (AvgIpc) is 3.37. The Hall–Kier alpha value is -4.79. The molecular formula is C28H25N7O2. The van der Waals surface area contributed by atoms with Crippen LogP contribution in [0.1, 0.15) is 15.9 Å². The number of aryl methyl sites for hydroxylation is 1. The molecule has 9 nitrogen and oxygen atoms in total. The number of carbonyl (C=O) groups excluding carboxylic acids is 1. The van der Waals surface area contributed by atoms with Crippen LogP contribution in [-0.4, -0.2) is 57.3 Å². The zero-order valence-corrected chi connectivity index (χ0v) is 20.3. The summed E-state index contributed by atoms with van der Waals surface area (Å²) in [6.45, 7) is 4.57. The summed E-state index contributed by atoms with van der Waals surface area (Å²) in [7, 11) is 0. The molecule has 1 saturated heterocycles. The number of hydrogen-bond donors (Lipinski definition) is 1. The lowest BCUT2D eigenvalue weighted by Crippen LogP contribution is -2.49. The number of nitrogens with zero attached hydrogens (tertiary/aromatic N) is 6. The van der Waals surface area contributed by atoms with Gasteiger partial charge in [0.2, 0.25) is 0 Å². The topological polar surface area (TPSA) is 100 Å². The van der Waals surface area contributed by atoms with E-state index in [0.29, 0.717) is 43.3 Å². The number of hydrogen-bond acceptors (Lipinski definition) is 8. The highest BCUT2D eigenvalue weighted by Gasteiger charge is 2.24. The van der Waals surface area contributed by atoms with E-state index in [0.717, 1.165) is 33.7 Å². The molecule has 0 saturated carbocycles. The third-order valence-corrected chi connectivity index (χ3v) is 6.47. The Kier molecular flexibility index (Phi) is 5.94. The molecule has 1 fully saturated rings. The number of benzene rings is 2. The van der Waals surface area contributed by atoms with E-state index >= 15 is 0 Å². The van der Waals surface area contributed by atoms with E-state index < -0.39 is 0 Å². The standard InChI is InChI=1S/C28H25N7O2/c1-19-11-12-29-25(17-19)30-24-9-10-26(32-31-24)34-13-15-35(16-14-34)28(36)21-7-8-23-22(18-21)27(37-33-23)20-5-3-2-4-6-20/h2-12,17-18H,13-16H2,1H3,(H,29,30,31). The van der Waals surface area contributed by atoms with Gasteiger partial charge in [0.1, 0.15) is 11.3 Å². The summed E-state index contributed by atoms with van der Waals surface area (Å²) in [4.78, 5) is 21.6. The van der Waals surface area contributed by atoms with Crippen molar-refractivity contribution in [2.75, 3.05) is 36.4 Å². The third-order valence-electron chi connectivity index (χ3n) is 6.47. The lowest BCUT2D eigenvalue weighted by molar-refractivity contribution is 0.0746. The number of anilines is 3. The molecule has 0 aliphatic carbocycles. The van der Waals surface area contributed by atoms with Gasteiger partial charge < -0.3 is 19.6 Å². The Balaban J connectivity index is 1.11. The van der Waals surface area contributed by atoms with Crippen LogP contribution in [-0.2, 0) is 0 Å². The van der Waals surface area contributed by atoms with E-state index in [4.69, 9.17) is 4.52 Å². The summed E-state index contributed by atoms with van der Waals surface area (Å²) in [5.41, 5.74) is 3.41. The molecule has 9 heteroatoms. The monoisotopic (exact) mass is 491 g/mol. The first kappa shape index (κ1) is 22.7. The van der Waals surface area contributed by atoms with Crippen molar-refractivity contribution in [3.8, 4) is 11.3 Å². The summed E-state index contributed by atoms with van der Waals surface area (Å²) in [6.07, 6.45) is 1.76. The van der Waals surface area contributed by atoms with E-state index in [2.05, 4.69) is 30.6 Å². The van der Waals surface area contributed by atoms with Gasteiger partial charge in [-0.15, -0.1) is 10.2 Å². The van der Waals surface area contributed by atoms with Crippen LogP contribution in [0.15, 0.2) is 83.5 Å². The predicted molar refractivity (Wildman–Crippen MR) is 142 cm³/mol. The predicted octanol–water partition coefficient (Wildman–Crippen LogP) is 4.69. The number of amides is 1. The van der Waals surface area contributed by atoms with Crippen molar-refractivity contribution >= 4 is 34.3 Å². The molecule has 0 spiro atoms. The molecule has 0 radical (unpaired) electrons. The summed E-state index contributed by atoms with van der Waals surface area (Å²) >= 11 is 0. The fraction of sp³-hybridized carbons (Fsp3) is 0.179. The maximum absolute atomic E-state index is 13.3. The number of rotatable bonds is 5. The summed E-state index contributed by atoms with van der Waals surface area (Å²) in [5.74, 6) is 2.82. The minimum absolute atomic E-state index is 0.00181. The van der Waals surface area contributed by atoms with Gasteiger partial charge in [-0.1, -0.05) is 35.5 Å². The lowest BCUT2D eigenvalue weighted by atomic mass is 10.1. The maximum atomic E-state index is 13.3. The van der Waals surface area contributed by atoms with E-state index in [9.17, 15) is 4.79 Å². The van der Waals surface area contributed by atoms with E-state index in [1.54, 1.807) is 6.20 Å². The van der Waals surface area contributed by atoms with Crippen molar-refractivity contribution in [2.24, 2.45) is 0 Å². The van der Waals surface area contributed by atoms with Gasteiger partial charge in [-0.2, -0.15) is 0 Å². The summed E-state index contributed by atoms with van der Waals surface area (Å²) < 4.78 is 5.59. The second-order valence-corrected chi connectivity index (χ2v) is 9.01. The first-order chi connectivity index (χ1) is 18.1. The van der Waals surface area contributed by atoms with Crippen LogP contribution in [0.5, 0.6) is 0 Å². The SMILES string of the molecule is Cc1ccnc(Nc2ccc(N3CCN(C(=O)c4ccc5noc(-c6ccccc6)c5c4)CC3)nn2)c1. The number of aromatic nitrogens is 4.